The molecule has 0 radical (unpaired) electrons. The molecule has 0 aliphatic rings. The molecule has 0 unspecified atom stereocenters. The maximum atomic E-state index is 7.74. The van der Waals surface area contributed by atoms with Crippen molar-refractivity contribution in [1.29, 1.82) is 10.5 Å². The number of nitrogens with zero attached hydrogens (tertiary/aromatic N) is 2. The number of nitriles is 2. The van der Waals surface area contributed by atoms with Crippen molar-refractivity contribution in [2.24, 2.45) is 5.73 Å². The van der Waals surface area contributed by atoms with Crippen LogP contribution in [-0.2, 0) is 0 Å². The summed E-state index contributed by atoms with van der Waals surface area (Å²) in [4.78, 5) is 0. The molecule has 0 saturated heterocycles. The van der Waals surface area contributed by atoms with E-state index in [1.54, 1.807) is 6.07 Å². The minimum absolute atomic E-state index is 0.472. The molecule has 48 valence electrons. The van der Waals surface area contributed by atoms with Gasteiger partial charge in [0.15, 0.2) is 0 Å². The van der Waals surface area contributed by atoms with E-state index < -0.39 is 0 Å². The smallest absolute Gasteiger partial charge is 0.0905 e. The maximum absolute atomic E-state index is 7.74. The van der Waals surface area contributed by atoms with Gasteiger partial charge in [-0.05, 0) is 0 Å². The van der Waals surface area contributed by atoms with E-state index in [4.69, 9.17) is 16.3 Å². The van der Waals surface area contributed by atoms with Gasteiger partial charge in [-0.15, -0.1) is 0 Å². The zero-order valence-electron chi connectivity index (χ0n) is 5.17. The van der Waals surface area contributed by atoms with E-state index in [0.29, 0.717) is 13.0 Å². The fourth-order valence-corrected chi connectivity index (χ4v) is 0.0645. The number of allylic oxidation sites excluding steroid dienone is 1. The summed E-state index contributed by atoms with van der Waals surface area (Å²) in [5.74, 6) is 0. The van der Waals surface area contributed by atoms with Gasteiger partial charge in [-0.2, -0.15) is 10.5 Å². The van der Waals surface area contributed by atoms with Crippen molar-refractivity contribution in [2.75, 3.05) is 6.54 Å². The first-order valence-electron chi connectivity index (χ1n) is 2.41. The van der Waals surface area contributed by atoms with Crippen molar-refractivity contribution in [1.82, 2.24) is 0 Å². The van der Waals surface area contributed by atoms with Gasteiger partial charge in [-0.1, -0.05) is 6.58 Å². The molecule has 0 saturated carbocycles. The predicted octanol–water partition coefficient (Wildman–Crippen LogP) is 0.555. The lowest BCUT2D eigenvalue weighted by molar-refractivity contribution is 1.02. The maximum Gasteiger partial charge on any atom is 0.0905 e. The van der Waals surface area contributed by atoms with Crippen LogP contribution in [0.5, 0.6) is 0 Å². The Morgan fingerprint density at radius 1 is 1.56 bits per heavy atom. The van der Waals surface area contributed by atoms with E-state index in [2.05, 4.69) is 6.58 Å². The van der Waals surface area contributed by atoms with E-state index in [9.17, 15) is 0 Å². The minimum atomic E-state index is 0.472. The first-order valence-corrected chi connectivity index (χ1v) is 2.41. The first kappa shape index (κ1) is 10.6. The lowest BCUT2D eigenvalue weighted by Crippen LogP contribution is -1.94. The molecular formula is C6H9N3. The van der Waals surface area contributed by atoms with Gasteiger partial charge in [0, 0.05) is 19.0 Å². The van der Waals surface area contributed by atoms with Crippen LogP contribution in [0, 0.1) is 22.7 Å². The fourth-order valence-electron chi connectivity index (χ4n) is 0.0645. The van der Waals surface area contributed by atoms with Crippen molar-refractivity contribution < 1.29 is 0 Å². The zero-order valence-corrected chi connectivity index (χ0v) is 5.17. The minimum Gasteiger partial charge on any atom is -0.329 e. The molecule has 0 spiro atoms. The Morgan fingerprint density at radius 3 is 2.00 bits per heavy atom. The Bertz CT molecular complexity index is 126. The molecule has 0 fully saturated rings. The molecule has 9 heavy (non-hydrogen) atoms. The van der Waals surface area contributed by atoms with Crippen LogP contribution in [0.25, 0.3) is 0 Å². The molecule has 3 nitrogen and oxygen atoms in total. The Morgan fingerprint density at radius 2 is 2.00 bits per heavy atom. The summed E-state index contributed by atoms with van der Waals surface area (Å²) in [5, 5.41) is 15.2. The fraction of sp³-hybridized carbons (Fsp3) is 0.333. The van der Waals surface area contributed by atoms with Gasteiger partial charge in [-0.25, -0.2) is 0 Å². The molecule has 3 heteroatoms. The Balaban J connectivity index is 0. The highest BCUT2D eigenvalue weighted by molar-refractivity contribution is 4.93. The molecule has 0 aromatic heterocycles. The SMILES string of the molecule is C=CC#N.N#CCCN. The van der Waals surface area contributed by atoms with Gasteiger partial charge in [0.05, 0.1) is 12.1 Å². The monoisotopic (exact) mass is 123 g/mol. The van der Waals surface area contributed by atoms with Crippen molar-refractivity contribution >= 4 is 0 Å². The van der Waals surface area contributed by atoms with Crippen molar-refractivity contribution in [2.45, 2.75) is 6.42 Å². The van der Waals surface area contributed by atoms with Crippen LogP contribution in [0.1, 0.15) is 6.42 Å². The highest BCUT2D eigenvalue weighted by Gasteiger charge is 1.65. The van der Waals surface area contributed by atoms with Crippen LogP contribution >= 0.6 is 0 Å². The molecule has 0 bridgehead atoms. The Kier molecular flexibility index (Phi) is 18.8. The summed E-state index contributed by atoms with van der Waals surface area (Å²) in [6, 6.07) is 3.59. The van der Waals surface area contributed by atoms with E-state index in [1.807, 2.05) is 6.07 Å². The van der Waals surface area contributed by atoms with Gasteiger partial charge in [0.1, 0.15) is 0 Å². The van der Waals surface area contributed by atoms with Crippen LogP contribution < -0.4 is 5.73 Å². The summed E-state index contributed by atoms with van der Waals surface area (Å²) < 4.78 is 0. The summed E-state index contributed by atoms with van der Waals surface area (Å²) in [6.07, 6.45) is 1.65. The standard InChI is InChI=1S/C3H6N2.C3H3N/c4-2-1-3-5;1-2-3-4/h1-2,4H2;2H,1H2. The third kappa shape index (κ3) is 51.8. The van der Waals surface area contributed by atoms with Gasteiger partial charge in [-0.3, -0.25) is 0 Å². The van der Waals surface area contributed by atoms with Gasteiger partial charge in [0.2, 0.25) is 0 Å². The topological polar surface area (TPSA) is 73.6 Å². The third-order valence-corrected chi connectivity index (χ3v) is 0.347. The van der Waals surface area contributed by atoms with Crippen molar-refractivity contribution in [3.8, 4) is 12.1 Å². The Labute approximate surface area is 55.0 Å². The number of nitrogens with two attached hydrogens (primary N) is 1. The summed E-state index contributed by atoms with van der Waals surface area (Å²) in [5.41, 5.74) is 4.92. The molecule has 0 rings (SSSR count). The molecular weight excluding hydrogens is 114 g/mol. The molecule has 0 amide bonds. The molecule has 0 aliphatic carbocycles. The summed E-state index contributed by atoms with van der Waals surface area (Å²) in [6.45, 7) is 3.60. The quantitative estimate of drug-likeness (QED) is 0.517. The lowest BCUT2D eigenvalue weighted by atomic mass is 10.5. The first-order chi connectivity index (χ1) is 4.33. The second-order valence-electron chi connectivity index (χ2n) is 1.03. The van der Waals surface area contributed by atoms with Gasteiger partial charge >= 0.3 is 0 Å². The lowest BCUT2D eigenvalue weighted by Gasteiger charge is -1.68. The molecule has 0 heterocycles. The van der Waals surface area contributed by atoms with Gasteiger partial charge in [0.25, 0.3) is 0 Å². The zero-order chi connectivity index (χ0) is 7.54. The molecule has 0 aromatic rings. The largest absolute Gasteiger partial charge is 0.329 e. The summed E-state index contributed by atoms with van der Waals surface area (Å²) in [7, 11) is 0. The summed E-state index contributed by atoms with van der Waals surface area (Å²) >= 11 is 0. The molecule has 2 N–H and O–H groups in total. The molecule has 0 aliphatic heterocycles. The average molecular weight is 123 g/mol. The number of hydrogen-bond donors (Lipinski definition) is 1. The van der Waals surface area contributed by atoms with E-state index in [-0.39, 0.29) is 0 Å². The van der Waals surface area contributed by atoms with Crippen LogP contribution in [-0.4, -0.2) is 6.54 Å². The predicted molar refractivity (Wildman–Crippen MR) is 35.1 cm³/mol. The second kappa shape index (κ2) is 15.9. The van der Waals surface area contributed by atoms with Crippen LogP contribution in [0.2, 0.25) is 0 Å². The van der Waals surface area contributed by atoms with Gasteiger partial charge < -0.3 is 5.73 Å². The molecule has 0 atom stereocenters. The highest BCUT2D eigenvalue weighted by Crippen LogP contribution is 1.59. The van der Waals surface area contributed by atoms with E-state index in [1.165, 1.54) is 6.08 Å². The molecule has 0 aromatic carbocycles. The van der Waals surface area contributed by atoms with Crippen molar-refractivity contribution in [3.63, 3.8) is 0 Å². The normalized spacial score (nSPS) is 5.22. The van der Waals surface area contributed by atoms with Crippen molar-refractivity contribution in [3.05, 3.63) is 12.7 Å². The number of rotatable bonds is 1. The Hall–Kier alpha value is -1.32. The number of hydrogen-bond acceptors (Lipinski definition) is 3. The average Bonchev–Trinajstić information content (AvgIpc) is 1.91. The van der Waals surface area contributed by atoms with E-state index in [0.717, 1.165) is 0 Å². The van der Waals surface area contributed by atoms with Crippen LogP contribution in [0.4, 0.5) is 0 Å². The van der Waals surface area contributed by atoms with Crippen LogP contribution in [0.15, 0.2) is 12.7 Å². The van der Waals surface area contributed by atoms with E-state index >= 15 is 0 Å². The second-order valence-corrected chi connectivity index (χ2v) is 1.03. The third-order valence-electron chi connectivity index (χ3n) is 0.347. The van der Waals surface area contributed by atoms with Crippen LogP contribution in [0.3, 0.4) is 0 Å². The highest BCUT2D eigenvalue weighted by atomic mass is 14.5.